The van der Waals surface area contributed by atoms with Gasteiger partial charge in [0.05, 0.1) is 12.1 Å². The van der Waals surface area contributed by atoms with Gasteiger partial charge in [-0.15, -0.1) is 0 Å². The number of anilines is 1. The molecule has 1 aromatic carbocycles. The summed E-state index contributed by atoms with van der Waals surface area (Å²) in [6, 6.07) is 8.75. The minimum absolute atomic E-state index is 0.192. The van der Waals surface area contributed by atoms with Gasteiger partial charge in [0.2, 0.25) is 0 Å². The molecule has 0 aromatic heterocycles. The second-order valence-electron chi connectivity index (χ2n) is 5.01. The molecule has 0 aliphatic heterocycles. The summed E-state index contributed by atoms with van der Waals surface area (Å²) in [6.45, 7) is 2.17. The van der Waals surface area contributed by atoms with E-state index in [0.717, 1.165) is 31.4 Å². The summed E-state index contributed by atoms with van der Waals surface area (Å²) in [5.74, 6) is 0. The van der Waals surface area contributed by atoms with Crippen LogP contribution in [-0.4, -0.2) is 17.3 Å². The van der Waals surface area contributed by atoms with E-state index in [-0.39, 0.29) is 12.1 Å². The van der Waals surface area contributed by atoms with Crippen molar-refractivity contribution < 1.29 is 5.11 Å². The Labute approximate surface area is 104 Å². The summed E-state index contributed by atoms with van der Waals surface area (Å²) >= 11 is 0. The van der Waals surface area contributed by atoms with E-state index < -0.39 is 0 Å². The van der Waals surface area contributed by atoms with Gasteiger partial charge in [0, 0.05) is 5.69 Å². The Morgan fingerprint density at radius 1 is 1.24 bits per heavy atom. The van der Waals surface area contributed by atoms with E-state index in [2.05, 4.69) is 36.5 Å². The smallest absolute Gasteiger partial charge is 0.0741 e. The minimum Gasteiger partial charge on any atom is -0.391 e. The van der Waals surface area contributed by atoms with E-state index in [1.807, 2.05) is 0 Å². The van der Waals surface area contributed by atoms with Gasteiger partial charge in [-0.3, -0.25) is 0 Å². The highest BCUT2D eigenvalue weighted by atomic mass is 16.3. The van der Waals surface area contributed by atoms with Gasteiger partial charge in [-0.2, -0.15) is 0 Å². The molecule has 0 saturated heterocycles. The topological polar surface area (TPSA) is 32.3 Å². The molecule has 1 saturated carbocycles. The summed E-state index contributed by atoms with van der Waals surface area (Å²) in [4.78, 5) is 0. The van der Waals surface area contributed by atoms with Crippen LogP contribution in [0.4, 0.5) is 5.69 Å². The van der Waals surface area contributed by atoms with E-state index in [9.17, 15) is 5.11 Å². The van der Waals surface area contributed by atoms with Crippen LogP contribution in [0.25, 0.3) is 0 Å². The van der Waals surface area contributed by atoms with Crippen LogP contribution in [0.2, 0.25) is 0 Å². The monoisotopic (exact) mass is 233 g/mol. The minimum atomic E-state index is -0.192. The summed E-state index contributed by atoms with van der Waals surface area (Å²) < 4.78 is 0. The summed E-state index contributed by atoms with van der Waals surface area (Å²) in [7, 11) is 0. The van der Waals surface area contributed by atoms with Crippen molar-refractivity contribution in [2.75, 3.05) is 5.32 Å². The molecular weight excluding hydrogens is 210 g/mol. The van der Waals surface area contributed by atoms with Crippen LogP contribution in [0.1, 0.15) is 44.6 Å². The number of aryl methyl sites for hydroxylation is 1. The highest BCUT2D eigenvalue weighted by Gasteiger charge is 2.21. The summed E-state index contributed by atoms with van der Waals surface area (Å²) in [6.07, 6.45) is 6.52. The zero-order valence-corrected chi connectivity index (χ0v) is 10.7. The maximum absolute atomic E-state index is 10.1. The summed E-state index contributed by atoms with van der Waals surface area (Å²) in [5.41, 5.74) is 2.49. The van der Waals surface area contributed by atoms with Gasteiger partial charge < -0.3 is 10.4 Å². The van der Waals surface area contributed by atoms with Crippen molar-refractivity contribution in [1.29, 1.82) is 0 Å². The number of benzene rings is 1. The van der Waals surface area contributed by atoms with Crippen LogP contribution in [0, 0.1) is 0 Å². The van der Waals surface area contributed by atoms with Crippen molar-refractivity contribution in [2.45, 2.75) is 57.6 Å². The van der Waals surface area contributed by atoms with E-state index in [1.54, 1.807) is 0 Å². The number of aliphatic hydroxyl groups is 1. The van der Waals surface area contributed by atoms with E-state index >= 15 is 0 Å². The molecule has 2 unspecified atom stereocenters. The lowest BCUT2D eigenvalue weighted by Crippen LogP contribution is -2.32. The van der Waals surface area contributed by atoms with Crippen LogP contribution in [0.3, 0.4) is 0 Å². The predicted molar refractivity (Wildman–Crippen MR) is 72.3 cm³/mol. The number of rotatable bonds is 3. The number of hydrogen-bond donors (Lipinski definition) is 2. The number of aliphatic hydroxyl groups excluding tert-OH is 1. The van der Waals surface area contributed by atoms with Crippen LogP contribution < -0.4 is 5.32 Å². The largest absolute Gasteiger partial charge is 0.391 e. The molecule has 2 heteroatoms. The molecule has 0 bridgehead atoms. The lowest BCUT2D eigenvalue weighted by atomic mass is 10.1. The van der Waals surface area contributed by atoms with Crippen LogP contribution >= 0.6 is 0 Å². The third kappa shape index (κ3) is 3.47. The van der Waals surface area contributed by atoms with Crippen molar-refractivity contribution in [3.8, 4) is 0 Å². The van der Waals surface area contributed by atoms with Gasteiger partial charge in [-0.25, -0.2) is 0 Å². The fourth-order valence-corrected chi connectivity index (χ4v) is 2.55. The fourth-order valence-electron chi connectivity index (χ4n) is 2.55. The summed E-state index contributed by atoms with van der Waals surface area (Å²) in [5, 5.41) is 13.6. The quantitative estimate of drug-likeness (QED) is 0.785. The van der Waals surface area contributed by atoms with Crippen molar-refractivity contribution in [3.63, 3.8) is 0 Å². The van der Waals surface area contributed by atoms with Crippen molar-refractivity contribution in [3.05, 3.63) is 29.8 Å². The molecule has 0 heterocycles. The molecular formula is C15H23NO. The zero-order chi connectivity index (χ0) is 12.1. The van der Waals surface area contributed by atoms with Gasteiger partial charge in [0.15, 0.2) is 0 Å². The highest BCUT2D eigenvalue weighted by molar-refractivity contribution is 5.46. The molecule has 17 heavy (non-hydrogen) atoms. The molecule has 1 aliphatic carbocycles. The van der Waals surface area contributed by atoms with E-state index in [4.69, 9.17) is 0 Å². The highest BCUT2D eigenvalue weighted by Crippen LogP contribution is 2.22. The average Bonchev–Trinajstić information content (AvgIpc) is 2.55. The molecule has 1 aromatic rings. The van der Waals surface area contributed by atoms with Gasteiger partial charge in [0.1, 0.15) is 0 Å². The van der Waals surface area contributed by atoms with Crippen molar-refractivity contribution >= 4 is 5.69 Å². The van der Waals surface area contributed by atoms with Gasteiger partial charge in [-0.1, -0.05) is 38.3 Å². The Balaban J connectivity index is 2.02. The Morgan fingerprint density at radius 2 is 2.06 bits per heavy atom. The molecule has 2 nitrogen and oxygen atoms in total. The Kier molecular flexibility index (Phi) is 4.43. The molecule has 1 aliphatic rings. The Bertz CT molecular complexity index is 351. The van der Waals surface area contributed by atoms with E-state index in [0.29, 0.717) is 0 Å². The van der Waals surface area contributed by atoms with Crippen LogP contribution in [0.5, 0.6) is 0 Å². The third-order valence-corrected chi connectivity index (χ3v) is 3.67. The first-order valence-corrected chi connectivity index (χ1v) is 6.83. The number of nitrogens with one attached hydrogen (secondary N) is 1. The lowest BCUT2D eigenvalue weighted by Gasteiger charge is -2.23. The SMILES string of the molecule is CCc1cccc(NC2CCCCCC2O)c1. The van der Waals surface area contributed by atoms with Crippen molar-refractivity contribution in [2.24, 2.45) is 0 Å². The average molecular weight is 233 g/mol. The Morgan fingerprint density at radius 3 is 2.88 bits per heavy atom. The first-order chi connectivity index (χ1) is 8.29. The second kappa shape index (κ2) is 6.06. The molecule has 0 radical (unpaired) electrons. The normalized spacial score (nSPS) is 25.3. The molecule has 0 spiro atoms. The van der Waals surface area contributed by atoms with Gasteiger partial charge >= 0.3 is 0 Å². The molecule has 2 atom stereocenters. The fraction of sp³-hybridized carbons (Fsp3) is 0.600. The standard InChI is InChI=1S/C15H23NO/c1-2-12-7-6-8-13(11-12)16-14-9-4-3-5-10-15(14)17/h6-8,11,14-17H,2-5,9-10H2,1H3. The van der Waals surface area contributed by atoms with Crippen molar-refractivity contribution in [1.82, 2.24) is 0 Å². The molecule has 1 fully saturated rings. The van der Waals surface area contributed by atoms with E-state index in [1.165, 1.54) is 18.4 Å². The number of hydrogen-bond acceptors (Lipinski definition) is 2. The molecule has 94 valence electrons. The van der Waals surface area contributed by atoms with Gasteiger partial charge in [0.25, 0.3) is 0 Å². The van der Waals surface area contributed by atoms with Crippen LogP contribution in [-0.2, 0) is 6.42 Å². The first kappa shape index (κ1) is 12.4. The molecule has 2 rings (SSSR count). The molecule has 0 amide bonds. The first-order valence-electron chi connectivity index (χ1n) is 6.83. The lowest BCUT2D eigenvalue weighted by molar-refractivity contribution is 0.144. The maximum Gasteiger partial charge on any atom is 0.0741 e. The van der Waals surface area contributed by atoms with Crippen LogP contribution in [0.15, 0.2) is 24.3 Å². The third-order valence-electron chi connectivity index (χ3n) is 3.67. The van der Waals surface area contributed by atoms with Gasteiger partial charge in [-0.05, 0) is 37.0 Å². The predicted octanol–water partition coefficient (Wildman–Crippen LogP) is 3.35. The maximum atomic E-state index is 10.1. The second-order valence-corrected chi connectivity index (χ2v) is 5.01. The molecule has 2 N–H and O–H groups in total. The Hall–Kier alpha value is -1.02. The zero-order valence-electron chi connectivity index (χ0n) is 10.7.